The van der Waals surface area contributed by atoms with Crippen molar-refractivity contribution in [3.8, 4) is 0 Å². The Morgan fingerprint density at radius 2 is 1.63 bits per heavy atom. The van der Waals surface area contributed by atoms with Gasteiger partial charge in [0.15, 0.2) is 0 Å². The lowest BCUT2D eigenvalue weighted by atomic mass is 10.1. The van der Waals surface area contributed by atoms with Gasteiger partial charge < -0.3 is 10.6 Å². The number of nitrogens with two attached hydrogens (primary N) is 1. The molecule has 1 aliphatic carbocycles. The summed E-state index contributed by atoms with van der Waals surface area (Å²) in [5.74, 6) is 0. The highest BCUT2D eigenvalue weighted by atomic mass is 15.3. The molecule has 2 N–H and O–H groups in total. The molecule has 0 radical (unpaired) electrons. The molecule has 1 saturated carbocycles. The van der Waals surface area contributed by atoms with Crippen LogP contribution in [0.5, 0.6) is 0 Å². The van der Waals surface area contributed by atoms with Crippen molar-refractivity contribution in [2.24, 2.45) is 5.73 Å². The zero-order valence-electron chi connectivity index (χ0n) is 12.2. The van der Waals surface area contributed by atoms with Gasteiger partial charge in [0.25, 0.3) is 0 Å². The molecule has 3 nitrogen and oxygen atoms in total. The van der Waals surface area contributed by atoms with Crippen LogP contribution < -0.4 is 10.6 Å². The van der Waals surface area contributed by atoms with Crippen LogP contribution in [0.3, 0.4) is 0 Å². The van der Waals surface area contributed by atoms with Gasteiger partial charge in [0.1, 0.15) is 0 Å². The molecule has 1 heterocycles. The van der Waals surface area contributed by atoms with E-state index in [1.165, 1.54) is 29.7 Å². The van der Waals surface area contributed by atoms with Crippen molar-refractivity contribution >= 4 is 5.69 Å². The van der Waals surface area contributed by atoms with Crippen molar-refractivity contribution in [2.75, 3.05) is 37.6 Å². The molecule has 0 unspecified atom stereocenters. The first-order valence-electron chi connectivity index (χ1n) is 7.40. The SMILES string of the molecule is Cc1cccc(C)c1N1CCN(CC2(N)CC2)CC1. The molecular weight excluding hydrogens is 234 g/mol. The minimum Gasteiger partial charge on any atom is -0.369 e. The van der Waals surface area contributed by atoms with Gasteiger partial charge in [-0.2, -0.15) is 0 Å². The number of aryl methyl sites for hydroxylation is 2. The van der Waals surface area contributed by atoms with Gasteiger partial charge in [-0.25, -0.2) is 0 Å². The van der Waals surface area contributed by atoms with E-state index in [0.29, 0.717) is 0 Å². The lowest BCUT2D eigenvalue weighted by molar-refractivity contribution is 0.236. The summed E-state index contributed by atoms with van der Waals surface area (Å²) in [6.45, 7) is 10.1. The summed E-state index contributed by atoms with van der Waals surface area (Å²) in [6.07, 6.45) is 2.42. The first-order valence-corrected chi connectivity index (χ1v) is 7.40. The molecule has 0 bridgehead atoms. The summed E-state index contributed by atoms with van der Waals surface area (Å²) in [4.78, 5) is 5.08. The number of para-hydroxylation sites is 1. The van der Waals surface area contributed by atoms with E-state index in [0.717, 1.165) is 32.7 Å². The van der Waals surface area contributed by atoms with E-state index < -0.39 is 0 Å². The van der Waals surface area contributed by atoms with Crippen LogP contribution >= 0.6 is 0 Å². The molecule has 0 aromatic heterocycles. The summed E-state index contributed by atoms with van der Waals surface area (Å²) >= 11 is 0. The molecule has 0 spiro atoms. The van der Waals surface area contributed by atoms with Crippen LogP contribution in [-0.4, -0.2) is 43.2 Å². The Morgan fingerprint density at radius 1 is 1.05 bits per heavy atom. The van der Waals surface area contributed by atoms with Crippen molar-refractivity contribution in [1.29, 1.82) is 0 Å². The number of anilines is 1. The number of rotatable bonds is 3. The molecule has 3 rings (SSSR count). The zero-order valence-corrected chi connectivity index (χ0v) is 12.2. The van der Waals surface area contributed by atoms with Gasteiger partial charge in [0.05, 0.1) is 0 Å². The van der Waals surface area contributed by atoms with Crippen molar-refractivity contribution < 1.29 is 0 Å². The summed E-state index contributed by atoms with van der Waals surface area (Å²) < 4.78 is 0. The quantitative estimate of drug-likeness (QED) is 0.900. The fourth-order valence-corrected chi connectivity index (χ4v) is 3.20. The monoisotopic (exact) mass is 259 g/mol. The Labute approximate surface area is 116 Å². The van der Waals surface area contributed by atoms with E-state index >= 15 is 0 Å². The highest BCUT2D eigenvalue weighted by Gasteiger charge is 2.40. The van der Waals surface area contributed by atoms with Crippen LogP contribution in [0.1, 0.15) is 24.0 Å². The van der Waals surface area contributed by atoms with Crippen molar-refractivity contribution in [3.63, 3.8) is 0 Å². The Balaban J connectivity index is 1.63. The molecule has 2 aliphatic rings. The molecule has 1 aromatic rings. The maximum Gasteiger partial charge on any atom is 0.0426 e. The van der Waals surface area contributed by atoms with Crippen LogP contribution in [0.25, 0.3) is 0 Å². The van der Waals surface area contributed by atoms with Gasteiger partial charge in [-0.3, -0.25) is 4.90 Å². The van der Waals surface area contributed by atoms with Crippen LogP contribution in [0, 0.1) is 13.8 Å². The standard InChI is InChI=1S/C16H25N3/c1-13-4-3-5-14(2)15(13)19-10-8-18(9-11-19)12-16(17)6-7-16/h3-5H,6-12,17H2,1-2H3. The highest BCUT2D eigenvalue weighted by molar-refractivity contribution is 5.59. The summed E-state index contributed by atoms with van der Waals surface area (Å²) in [6, 6.07) is 6.58. The predicted octanol–water partition coefficient (Wildman–Crippen LogP) is 1.92. The molecule has 2 fully saturated rings. The molecule has 0 amide bonds. The van der Waals surface area contributed by atoms with Gasteiger partial charge in [-0.05, 0) is 37.8 Å². The van der Waals surface area contributed by atoms with E-state index in [-0.39, 0.29) is 5.54 Å². The topological polar surface area (TPSA) is 32.5 Å². The first kappa shape index (κ1) is 12.9. The number of benzene rings is 1. The molecular formula is C16H25N3. The second-order valence-corrected chi connectivity index (χ2v) is 6.37. The largest absolute Gasteiger partial charge is 0.369 e. The van der Waals surface area contributed by atoms with E-state index in [1.807, 2.05) is 0 Å². The van der Waals surface area contributed by atoms with Gasteiger partial charge in [0, 0.05) is 44.0 Å². The fraction of sp³-hybridized carbons (Fsp3) is 0.625. The van der Waals surface area contributed by atoms with Crippen LogP contribution in [-0.2, 0) is 0 Å². The summed E-state index contributed by atoms with van der Waals surface area (Å²) in [5, 5.41) is 0. The Morgan fingerprint density at radius 3 is 2.16 bits per heavy atom. The predicted molar refractivity (Wildman–Crippen MR) is 80.7 cm³/mol. The lowest BCUT2D eigenvalue weighted by Crippen LogP contribution is -2.50. The summed E-state index contributed by atoms with van der Waals surface area (Å²) in [5.41, 5.74) is 10.6. The van der Waals surface area contributed by atoms with Gasteiger partial charge in [-0.1, -0.05) is 18.2 Å². The molecule has 3 heteroatoms. The fourth-order valence-electron chi connectivity index (χ4n) is 3.20. The third kappa shape index (κ3) is 2.77. The average molecular weight is 259 g/mol. The molecule has 1 aliphatic heterocycles. The van der Waals surface area contributed by atoms with Crippen LogP contribution in [0.15, 0.2) is 18.2 Å². The number of nitrogens with zero attached hydrogens (tertiary/aromatic N) is 2. The Kier molecular flexibility index (Phi) is 3.27. The molecule has 1 aromatic carbocycles. The highest BCUT2D eigenvalue weighted by Crippen LogP contribution is 2.33. The number of piperazine rings is 1. The molecule has 104 valence electrons. The molecule has 1 saturated heterocycles. The third-order valence-corrected chi connectivity index (χ3v) is 4.56. The average Bonchev–Trinajstić information content (AvgIpc) is 3.09. The third-order valence-electron chi connectivity index (χ3n) is 4.56. The van der Waals surface area contributed by atoms with Crippen molar-refractivity contribution in [2.45, 2.75) is 32.2 Å². The second kappa shape index (κ2) is 4.80. The first-order chi connectivity index (χ1) is 9.07. The van der Waals surface area contributed by atoms with Gasteiger partial charge in [0.2, 0.25) is 0 Å². The van der Waals surface area contributed by atoms with Crippen molar-refractivity contribution in [3.05, 3.63) is 29.3 Å². The lowest BCUT2D eigenvalue weighted by Gasteiger charge is -2.38. The van der Waals surface area contributed by atoms with Crippen LogP contribution in [0.2, 0.25) is 0 Å². The van der Waals surface area contributed by atoms with E-state index in [1.54, 1.807) is 0 Å². The zero-order chi connectivity index (χ0) is 13.5. The van der Waals surface area contributed by atoms with E-state index in [9.17, 15) is 0 Å². The minimum atomic E-state index is 0.154. The van der Waals surface area contributed by atoms with E-state index in [2.05, 4.69) is 41.8 Å². The number of hydrogen-bond donors (Lipinski definition) is 1. The van der Waals surface area contributed by atoms with Crippen LogP contribution in [0.4, 0.5) is 5.69 Å². The minimum absolute atomic E-state index is 0.154. The molecule has 19 heavy (non-hydrogen) atoms. The Bertz CT molecular complexity index is 437. The maximum absolute atomic E-state index is 6.22. The summed E-state index contributed by atoms with van der Waals surface area (Å²) in [7, 11) is 0. The second-order valence-electron chi connectivity index (χ2n) is 6.37. The number of hydrogen-bond acceptors (Lipinski definition) is 3. The van der Waals surface area contributed by atoms with Gasteiger partial charge >= 0.3 is 0 Å². The Hall–Kier alpha value is -1.06. The maximum atomic E-state index is 6.22. The molecule has 0 atom stereocenters. The van der Waals surface area contributed by atoms with Crippen molar-refractivity contribution in [1.82, 2.24) is 4.90 Å². The van der Waals surface area contributed by atoms with E-state index in [4.69, 9.17) is 5.73 Å². The smallest absolute Gasteiger partial charge is 0.0426 e. The van der Waals surface area contributed by atoms with Gasteiger partial charge in [-0.15, -0.1) is 0 Å². The normalized spacial score (nSPS) is 22.6.